The van der Waals surface area contributed by atoms with Gasteiger partial charge in [-0.2, -0.15) is 0 Å². The highest BCUT2D eigenvalue weighted by atomic mass is 16.6. The summed E-state index contributed by atoms with van der Waals surface area (Å²) in [5, 5.41) is 0. The van der Waals surface area contributed by atoms with Crippen LogP contribution >= 0.6 is 0 Å². The molecule has 1 saturated carbocycles. The number of carbonyl (C=O) groups excluding carboxylic acids is 3. The minimum absolute atomic E-state index is 0.0638. The van der Waals surface area contributed by atoms with Crippen molar-refractivity contribution in [1.29, 1.82) is 0 Å². The van der Waals surface area contributed by atoms with Gasteiger partial charge in [0.2, 0.25) is 0 Å². The predicted octanol–water partition coefficient (Wildman–Crippen LogP) is 11.7. The number of rotatable bonds is 13. The van der Waals surface area contributed by atoms with Gasteiger partial charge in [-0.25, -0.2) is 0 Å². The van der Waals surface area contributed by atoms with Crippen LogP contribution in [0.2, 0.25) is 0 Å². The fourth-order valence-electron chi connectivity index (χ4n) is 9.13. The second-order valence-corrected chi connectivity index (χ2v) is 17.7. The molecule has 0 bridgehead atoms. The molecule has 60 heavy (non-hydrogen) atoms. The molecule has 1 aliphatic carbocycles. The first-order valence-electron chi connectivity index (χ1n) is 24.8. The first-order valence-corrected chi connectivity index (χ1v) is 24.8. The first kappa shape index (κ1) is 51.7. The highest BCUT2D eigenvalue weighted by Crippen LogP contribution is 2.33. The van der Waals surface area contributed by atoms with E-state index in [0.717, 1.165) is 161 Å². The number of unbranched alkanes of at least 4 members (excludes halogenated alkanes) is 4. The van der Waals surface area contributed by atoms with Gasteiger partial charge in [0, 0.05) is 45.3 Å². The van der Waals surface area contributed by atoms with Crippen LogP contribution < -0.4 is 0 Å². The van der Waals surface area contributed by atoms with Gasteiger partial charge in [-0.3, -0.25) is 14.4 Å². The molecule has 0 radical (unpaired) electrons. The number of likely N-dealkylation sites (tertiary alicyclic amines) is 1. The molecule has 3 rings (SSSR count). The van der Waals surface area contributed by atoms with Crippen LogP contribution in [-0.2, 0) is 38.1 Å². The van der Waals surface area contributed by atoms with E-state index in [2.05, 4.69) is 42.5 Å². The summed E-state index contributed by atoms with van der Waals surface area (Å²) in [6, 6.07) is 0. The molecule has 2 saturated heterocycles. The molecule has 9 heteroatoms. The molecule has 0 spiro atoms. The molecule has 342 valence electrons. The van der Waals surface area contributed by atoms with Crippen LogP contribution in [0.3, 0.4) is 0 Å². The fourth-order valence-corrected chi connectivity index (χ4v) is 9.13. The van der Waals surface area contributed by atoms with Crippen molar-refractivity contribution in [2.75, 3.05) is 46.1 Å². The number of cyclic esters (lactones) is 2. The van der Waals surface area contributed by atoms with E-state index < -0.39 is 0 Å². The lowest BCUT2D eigenvalue weighted by atomic mass is 9.79. The number of esters is 3. The number of allylic oxidation sites excluding steroid dienone is 1. The number of ether oxygens (including phenoxy) is 5. The quantitative estimate of drug-likeness (QED) is 0.0776. The van der Waals surface area contributed by atoms with Crippen LogP contribution in [0, 0.1) is 11.8 Å². The monoisotopic (exact) mass is 840 g/mol. The molecule has 0 N–H and O–H groups in total. The van der Waals surface area contributed by atoms with E-state index in [1.165, 1.54) is 18.4 Å². The van der Waals surface area contributed by atoms with Gasteiger partial charge in [-0.1, -0.05) is 109 Å². The van der Waals surface area contributed by atoms with Gasteiger partial charge in [-0.05, 0) is 120 Å². The van der Waals surface area contributed by atoms with Crippen LogP contribution in [0.1, 0.15) is 200 Å². The van der Waals surface area contributed by atoms with E-state index in [0.29, 0.717) is 58.5 Å². The maximum atomic E-state index is 12.8. The highest BCUT2D eigenvalue weighted by molar-refractivity contribution is 5.70. The van der Waals surface area contributed by atoms with Gasteiger partial charge in [0.15, 0.2) is 0 Å². The third-order valence-corrected chi connectivity index (χ3v) is 12.7. The average Bonchev–Trinajstić information content (AvgIpc) is 3.90. The van der Waals surface area contributed by atoms with Crippen molar-refractivity contribution in [1.82, 2.24) is 4.90 Å². The summed E-state index contributed by atoms with van der Waals surface area (Å²) < 4.78 is 30.4. The van der Waals surface area contributed by atoms with Gasteiger partial charge in [0.05, 0.1) is 25.4 Å². The topological polar surface area (TPSA) is 101 Å². The number of hydrogen-bond donors (Lipinski definition) is 0. The second-order valence-electron chi connectivity index (χ2n) is 17.7. The Morgan fingerprint density at radius 2 is 1.17 bits per heavy atom. The molecule has 0 aromatic rings. The van der Waals surface area contributed by atoms with Crippen molar-refractivity contribution < 1.29 is 38.1 Å². The van der Waals surface area contributed by atoms with Crippen LogP contribution in [0.25, 0.3) is 0 Å². The summed E-state index contributed by atoms with van der Waals surface area (Å²) in [7, 11) is 0. The summed E-state index contributed by atoms with van der Waals surface area (Å²) in [6.07, 6.45) is 27.1. The minimum Gasteiger partial charge on any atom is -0.466 e. The minimum atomic E-state index is -0.159. The molecular weight excluding hydrogens is 755 g/mol. The summed E-state index contributed by atoms with van der Waals surface area (Å²) in [5.41, 5.74) is 10.4. The molecule has 3 aliphatic rings. The Morgan fingerprint density at radius 3 is 1.67 bits per heavy atom. The van der Waals surface area contributed by atoms with E-state index in [-0.39, 0.29) is 48.1 Å². The van der Waals surface area contributed by atoms with Crippen LogP contribution in [0.15, 0.2) is 29.3 Å². The Bertz CT molecular complexity index is 1290. The summed E-state index contributed by atoms with van der Waals surface area (Å²) in [6.45, 7) is 13.6. The third-order valence-electron chi connectivity index (χ3n) is 12.7. The van der Waals surface area contributed by atoms with Gasteiger partial charge in [0.25, 0.3) is 0 Å². The van der Waals surface area contributed by atoms with Crippen LogP contribution in [0.5, 0.6) is 0 Å². The zero-order valence-corrected chi connectivity index (χ0v) is 38.3. The standard InChI is InChI=1S/C51H85NO8/c1-4-7-17-26-43-32-39-58-49(53)29-19-13-10-11-15-23-37-56-47-41-45(60-51(55)31-25-36-52-34-21-22-35-52)42-48(47)57-38-24-16-12-14-20-30-50(54)59-40-33-44(27-18-8-5-2)46(43)28-9-6-3/h43-45,47-48H,3-5,7-8,10-27,29-42H2,1-2H3. The Kier molecular flexibility index (Phi) is 29.2. The molecule has 5 atom stereocenters. The molecular formula is C51H85NO8. The Hall–Kier alpha value is -2.63. The zero-order chi connectivity index (χ0) is 42.9. The molecule has 0 aromatic heterocycles. The maximum absolute atomic E-state index is 12.8. The average molecular weight is 840 g/mol. The van der Waals surface area contributed by atoms with Crippen molar-refractivity contribution in [2.45, 2.75) is 218 Å². The van der Waals surface area contributed by atoms with Gasteiger partial charge in [-0.15, -0.1) is 0 Å². The Balaban J connectivity index is 1.56. The Labute approximate surface area is 365 Å². The summed E-state index contributed by atoms with van der Waals surface area (Å²) in [5.74, 6) is 0.0657. The number of nitrogens with zero attached hydrogens (tertiary/aromatic N) is 1. The van der Waals surface area contributed by atoms with E-state index in [4.69, 9.17) is 23.7 Å². The second kappa shape index (κ2) is 33.9. The Morgan fingerprint density at radius 1 is 0.667 bits per heavy atom. The van der Waals surface area contributed by atoms with Crippen molar-refractivity contribution in [3.8, 4) is 0 Å². The van der Waals surface area contributed by atoms with Gasteiger partial charge >= 0.3 is 17.9 Å². The fraction of sp³-hybridized carbons (Fsp3) is 0.843. The SMILES string of the molecule is C=C=C=C=C1C(CCCCC)CCOC(=O)CCCCCCCCOC2CC(OC(=O)CCCN3CCCC3)CC2OCCCCCCCC(=O)OCCC1CCCCC. The number of carbonyl (C=O) groups is 3. The largest absolute Gasteiger partial charge is 0.466 e. The van der Waals surface area contributed by atoms with Crippen molar-refractivity contribution in [3.05, 3.63) is 29.3 Å². The maximum Gasteiger partial charge on any atom is 0.306 e. The number of hydrogen-bond acceptors (Lipinski definition) is 9. The van der Waals surface area contributed by atoms with Crippen molar-refractivity contribution in [3.63, 3.8) is 0 Å². The normalized spacial score (nSPS) is 26.1. The summed E-state index contributed by atoms with van der Waals surface area (Å²) >= 11 is 0. The molecule has 9 nitrogen and oxygen atoms in total. The molecule has 2 aliphatic heterocycles. The van der Waals surface area contributed by atoms with Crippen LogP contribution in [-0.4, -0.2) is 87.2 Å². The molecule has 0 aromatic carbocycles. The summed E-state index contributed by atoms with van der Waals surface area (Å²) in [4.78, 5) is 40.8. The van der Waals surface area contributed by atoms with Crippen LogP contribution in [0.4, 0.5) is 0 Å². The van der Waals surface area contributed by atoms with Crippen molar-refractivity contribution in [2.24, 2.45) is 11.8 Å². The van der Waals surface area contributed by atoms with E-state index >= 15 is 0 Å². The number of fused-ring (bicyclic) bond motifs is 1. The van der Waals surface area contributed by atoms with E-state index in [1.807, 2.05) is 0 Å². The van der Waals surface area contributed by atoms with Gasteiger partial charge in [0.1, 0.15) is 6.10 Å². The molecule has 5 unspecified atom stereocenters. The molecule has 2 heterocycles. The predicted molar refractivity (Wildman–Crippen MR) is 240 cm³/mol. The smallest absolute Gasteiger partial charge is 0.306 e. The third kappa shape index (κ3) is 23.5. The van der Waals surface area contributed by atoms with E-state index in [1.54, 1.807) is 0 Å². The zero-order valence-electron chi connectivity index (χ0n) is 38.3. The van der Waals surface area contributed by atoms with E-state index in [9.17, 15) is 14.4 Å². The highest BCUT2D eigenvalue weighted by Gasteiger charge is 2.38. The molecule has 3 fully saturated rings. The lowest BCUT2D eigenvalue weighted by Gasteiger charge is -2.26. The lowest BCUT2D eigenvalue weighted by molar-refractivity contribution is -0.149. The van der Waals surface area contributed by atoms with Gasteiger partial charge < -0.3 is 28.6 Å². The van der Waals surface area contributed by atoms with Crippen molar-refractivity contribution >= 4 is 17.9 Å². The first-order chi connectivity index (χ1) is 29.4. The molecule has 0 amide bonds. The lowest BCUT2D eigenvalue weighted by Crippen LogP contribution is -2.27.